The van der Waals surface area contributed by atoms with Gasteiger partial charge in [-0.15, -0.1) is 0 Å². The zero-order valence-corrected chi connectivity index (χ0v) is 6.89. The summed E-state index contributed by atoms with van der Waals surface area (Å²) in [5, 5.41) is 8.32. The fraction of sp³-hybridized carbons (Fsp3) is 0.286. The van der Waals surface area contributed by atoms with Crippen LogP contribution in [0.25, 0.3) is 0 Å². The molecule has 1 aliphatic heterocycles. The van der Waals surface area contributed by atoms with E-state index in [1.165, 1.54) is 18.3 Å². The molecule has 1 rings (SSSR count). The van der Waals surface area contributed by atoms with Gasteiger partial charge in [0.05, 0.1) is 6.34 Å². The second-order valence-corrected chi connectivity index (χ2v) is 2.12. The van der Waals surface area contributed by atoms with Crippen molar-refractivity contribution in [2.75, 3.05) is 13.8 Å². The number of ether oxygens (including phenoxy) is 1. The Bertz CT molecular complexity index is 346. The fourth-order valence-corrected chi connectivity index (χ4v) is 0.846. The lowest BCUT2D eigenvalue weighted by Gasteiger charge is -2.11. The Balaban J connectivity index is 2.93. The molecule has 0 fully saturated rings. The van der Waals surface area contributed by atoms with E-state index in [4.69, 9.17) is 10.00 Å². The summed E-state index contributed by atoms with van der Waals surface area (Å²) in [5.74, 6) is 1.74. The van der Waals surface area contributed by atoms with Crippen LogP contribution in [-0.4, -0.2) is 36.9 Å². The third-order valence-electron chi connectivity index (χ3n) is 1.33. The zero-order chi connectivity index (χ0) is 9.68. The molecule has 0 aromatic heterocycles. The Labute approximate surface area is 74.5 Å². The Kier molecular flexibility index (Phi) is 2.92. The van der Waals surface area contributed by atoms with Gasteiger partial charge in [-0.25, -0.2) is 9.79 Å². The molecule has 0 amide bonds. The lowest BCUT2D eigenvalue weighted by Crippen LogP contribution is -2.27. The average molecular weight is 178 g/mol. The summed E-state index contributed by atoms with van der Waals surface area (Å²) in [4.78, 5) is 18.8. The van der Waals surface area contributed by atoms with Crippen LogP contribution in [0.2, 0.25) is 0 Å². The van der Waals surface area contributed by atoms with Crippen LogP contribution in [0.4, 0.5) is 0 Å². The van der Waals surface area contributed by atoms with Crippen LogP contribution in [0.5, 0.6) is 0 Å². The molecular weight excluding hydrogens is 172 g/mol. The summed E-state index contributed by atoms with van der Waals surface area (Å²) in [5.41, 5.74) is 0.0126. The van der Waals surface area contributed by atoms with Crippen molar-refractivity contribution in [1.29, 1.82) is 5.26 Å². The van der Waals surface area contributed by atoms with E-state index in [1.54, 1.807) is 12.1 Å². The molecule has 6 heteroatoms. The molecule has 0 saturated carbocycles. The molecule has 6 nitrogen and oxygen atoms in total. The van der Waals surface area contributed by atoms with Crippen LogP contribution in [0.1, 0.15) is 0 Å². The molecule has 1 heterocycles. The first-order valence-corrected chi connectivity index (χ1v) is 3.35. The third-order valence-corrected chi connectivity index (χ3v) is 1.33. The number of nitrogens with zero attached hydrogens (tertiary/aromatic N) is 4. The summed E-state index contributed by atoms with van der Waals surface area (Å²) >= 11 is 0. The maximum absolute atomic E-state index is 10.3. The molecule has 0 aromatic rings. The van der Waals surface area contributed by atoms with Gasteiger partial charge in [-0.1, -0.05) is 0 Å². The Morgan fingerprint density at radius 3 is 3.15 bits per heavy atom. The first-order valence-electron chi connectivity index (χ1n) is 3.35. The van der Waals surface area contributed by atoms with Crippen LogP contribution in [-0.2, 0) is 9.53 Å². The van der Waals surface area contributed by atoms with Crippen molar-refractivity contribution in [3.05, 3.63) is 5.70 Å². The van der Waals surface area contributed by atoms with E-state index in [-0.39, 0.29) is 18.3 Å². The standard InChI is InChI=1S/C7H6N4O2/c1-13-5-11-4-10-6(2-12)7(11)9-3-8/h4H,5H2,1H3. The topological polar surface area (TPSA) is 78.0 Å². The molecule has 1 aliphatic rings. The predicted molar refractivity (Wildman–Crippen MR) is 44.5 cm³/mol. The number of nitriles is 1. The van der Waals surface area contributed by atoms with Crippen molar-refractivity contribution in [3.63, 3.8) is 0 Å². The van der Waals surface area contributed by atoms with E-state index >= 15 is 0 Å². The molecule has 0 spiro atoms. The highest BCUT2D eigenvalue weighted by Gasteiger charge is 2.20. The average Bonchev–Trinajstić information content (AvgIpc) is 2.50. The minimum atomic E-state index is 0.0126. The monoisotopic (exact) mass is 178 g/mol. The smallest absolute Gasteiger partial charge is 0.207 e. The number of hydrogen-bond acceptors (Lipinski definition) is 5. The lowest BCUT2D eigenvalue weighted by molar-refractivity contribution is 0.148. The number of hydrogen-bond donors (Lipinski definition) is 0. The number of rotatable bonds is 2. The van der Waals surface area contributed by atoms with E-state index in [2.05, 4.69) is 9.98 Å². The van der Waals surface area contributed by atoms with Crippen molar-refractivity contribution in [1.82, 2.24) is 4.90 Å². The SMILES string of the molecule is COCN1C=NC(=C=O)C1=NC#N. The van der Waals surface area contributed by atoms with E-state index in [1.807, 2.05) is 0 Å². The molecule has 0 unspecified atom stereocenters. The lowest BCUT2D eigenvalue weighted by atomic mass is 10.4. The Hall–Kier alpha value is -1.96. The molecular formula is C7H6N4O2. The predicted octanol–water partition coefficient (Wildman–Crippen LogP) is -0.471. The molecule has 0 bridgehead atoms. The Morgan fingerprint density at radius 1 is 1.85 bits per heavy atom. The van der Waals surface area contributed by atoms with Crippen molar-refractivity contribution in [3.8, 4) is 6.19 Å². The molecule has 0 radical (unpaired) electrons. The van der Waals surface area contributed by atoms with Crippen LogP contribution in [0.15, 0.2) is 15.7 Å². The van der Waals surface area contributed by atoms with Crippen molar-refractivity contribution in [2.24, 2.45) is 9.98 Å². The largest absolute Gasteiger partial charge is 0.364 e. The van der Waals surface area contributed by atoms with Gasteiger partial charge in [0.15, 0.2) is 17.5 Å². The molecule has 13 heavy (non-hydrogen) atoms. The van der Waals surface area contributed by atoms with Crippen LogP contribution >= 0.6 is 0 Å². The minimum Gasteiger partial charge on any atom is -0.364 e. The fourth-order valence-electron chi connectivity index (χ4n) is 0.846. The van der Waals surface area contributed by atoms with E-state index < -0.39 is 0 Å². The molecule has 0 aliphatic carbocycles. The van der Waals surface area contributed by atoms with Gasteiger partial charge in [0.1, 0.15) is 6.73 Å². The highest BCUT2D eigenvalue weighted by molar-refractivity contribution is 6.13. The van der Waals surface area contributed by atoms with Gasteiger partial charge in [0.25, 0.3) is 0 Å². The maximum Gasteiger partial charge on any atom is 0.207 e. The second kappa shape index (κ2) is 4.16. The zero-order valence-electron chi connectivity index (χ0n) is 6.89. The molecule has 0 aromatic carbocycles. The quantitative estimate of drug-likeness (QED) is 0.423. The van der Waals surface area contributed by atoms with Gasteiger partial charge in [-0.2, -0.15) is 10.3 Å². The van der Waals surface area contributed by atoms with Gasteiger partial charge < -0.3 is 4.74 Å². The van der Waals surface area contributed by atoms with Gasteiger partial charge in [0, 0.05) is 7.11 Å². The van der Waals surface area contributed by atoms with Crippen LogP contribution in [0.3, 0.4) is 0 Å². The number of aliphatic imine (C=N–C) groups is 2. The van der Waals surface area contributed by atoms with Crippen molar-refractivity contribution < 1.29 is 9.53 Å². The molecule has 0 saturated heterocycles. The van der Waals surface area contributed by atoms with Crippen molar-refractivity contribution in [2.45, 2.75) is 0 Å². The summed E-state index contributed by atoms with van der Waals surface area (Å²) < 4.78 is 4.80. The minimum absolute atomic E-state index is 0.0126. The molecule has 0 N–H and O–H groups in total. The number of carbonyl (C=O) groups excluding carboxylic acids is 1. The molecule has 66 valence electrons. The van der Waals surface area contributed by atoms with Crippen molar-refractivity contribution >= 4 is 18.1 Å². The summed E-state index contributed by atoms with van der Waals surface area (Å²) in [7, 11) is 1.49. The van der Waals surface area contributed by atoms with E-state index in [0.29, 0.717) is 0 Å². The van der Waals surface area contributed by atoms with Gasteiger partial charge in [-0.05, 0) is 0 Å². The van der Waals surface area contributed by atoms with E-state index in [0.717, 1.165) is 0 Å². The summed E-state index contributed by atoms with van der Waals surface area (Å²) in [6.07, 6.45) is 2.93. The highest BCUT2D eigenvalue weighted by atomic mass is 16.5. The maximum atomic E-state index is 10.3. The van der Waals surface area contributed by atoms with Crippen LogP contribution in [0, 0.1) is 11.5 Å². The van der Waals surface area contributed by atoms with Gasteiger partial charge in [-0.3, -0.25) is 4.90 Å². The highest BCUT2D eigenvalue weighted by Crippen LogP contribution is 2.08. The molecule has 0 atom stereocenters. The van der Waals surface area contributed by atoms with Gasteiger partial charge in [0.2, 0.25) is 6.19 Å². The third kappa shape index (κ3) is 1.79. The normalized spacial score (nSPS) is 17.7. The first kappa shape index (κ1) is 9.13. The summed E-state index contributed by atoms with van der Waals surface area (Å²) in [6.45, 7) is 0.190. The second-order valence-electron chi connectivity index (χ2n) is 2.12. The van der Waals surface area contributed by atoms with Crippen LogP contribution < -0.4 is 0 Å². The van der Waals surface area contributed by atoms with Gasteiger partial charge >= 0.3 is 0 Å². The first-order chi connectivity index (χ1) is 6.33. The Morgan fingerprint density at radius 2 is 2.62 bits per heavy atom. The van der Waals surface area contributed by atoms with E-state index in [9.17, 15) is 4.79 Å². The number of methoxy groups -OCH3 is 1. The summed E-state index contributed by atoms with van der Waals surface area (Å²) in [6, 6.07) is 0. The number of amidine groups is 1.